The van der Waals surface area contributed by atoms with Crippen molar-refractivity contribution in [2.24, 2.45) is 0 Å². The number of benzene rings is 8. The quantitative estimate of drug-likeness (QED) is 0.165. The van der Waals surface area contributed by atoms with Crippen molar-refractivity contribution in [3.8, 4) is 50.7 Å². The van der Waals surface area contributed by atoms with E-state index in [0.29, 0.717) is 5.95 Å². The molecule has 4 heterocycles. The molecule has 0 N–H and O–H groups in total. The van der Waals surface area contributed by atoms with Gasteiger partial charge in [0.25, 0.3) is 0 Å². The van der Waals surface area contributed by atoms with Gasteiger partial charge in [-0.2, -0.15) is 0 Å². The standard InChI is InChI=1S/C54H34N4/c1-3-15-35(16-4-1)37-20-13-22-39(31-37)45-34-46(40-23-14-21-38(32-40)36-17-5-2-6-18-36)56-54(55-45)58-49-28-12-9-25-43(49)53-50(58)30-29-44-51-33-41-19-7-10-26-47(41)57(51)48-27-11-8-24-42(48)52(44)53/h1-34H. The summed E-state index contributed by atoms with van der Waals surface area (Å²) < 4.78 is 4.69. The van der Waals surface area contributed by atoms with Crippen molar-refractivity contribution >= 4 is 59.9 Å². The molecule has 4 heteroatoms. The van der Waals surface area contributed by atoms with Gasteiger partial charge in [0.05, 0.1) is 39.0 Å². The Morgan fingerprint density at radius 2 is 0.793 bits per heavy atom. The van der Waals surface area contributed by atoms with Crippen molar-refractivity contribution in [3.05, 3.63) is 206 Å². The van der Waals surface area contributed by atoms with Crippen molar-refractivity contribution in [1.29, 1.82) is 0 Å². The summed E-state index contributed by atoms with van der Waals surface area (Å²) in [5.41, 5.74) is 14.1. The second-order valence-corrected chi connectivity index (χ2v) is 15.0. The maximum Gasteiger partial charge on any atom is 0.235 e. The Hall–Kier alpha value is -7.82. The number of fused-ring (bicyclic) bond motifs is 12. The van der Waals surface area contributed by atoms with Crippen molar-refractivity contribution in [2.45, 2.75) is 0 Å². The molecule has 4 nitrogen and oxygen atoms in total. The third-order valence-corrected chi connectivity index (χ3v) is 11.7. The molecule has 0 amide bonds. The summed E-state index contributed by atoms with van der Waals surface area (Å²) in [5.74, 6) is 0.632. The van der Waals surface area contributed by atoms with E-state index in [4.69, 9.17) is 9.97 Å². The van der Waals surface area contributed by atoms with Crippen LogP contribution in [0, 0.1) is 0 Å². The maximum absolute atomic E-state index is 5.46. The molecule has 270 valence electrons. The molecule has 0 fully saturated rings. The van der Waals surface area contributed by atoms with E-state index in [2.05, 4.69) is 215 Å². The Balaban J connectivity index is 1.16. The fourth-order valence-electron chi connectivity index (χ4n) is 9.07. The summed E-state index contributed by atoms with van der Waals surface area (Å²) in [6, 6.07) is 73.7. The van der Waals surface area contributed by atoms with Gasteiger partial charge < -0.3 is 4.40 Å². The monoisotopic (exact) mass is 738 g/mol. The first-order chi connectivity index (χ1) is 28.8. The van der Waals surface area contributed by atoms with Crippen LogP contribution in [0.1, 0.15) is 0 Å². The lowest BCUT2D eigenvalue weighted by atomic mass is 9.99. The summed E-state index contributed by atoms with van der Waals surface area (Å²) in [6.45, 7) is 0. The van der Waals surface area contributed by atoms with E-state index in [-0.39, 0.29) is 0 Å². The Morgan fingerprint density at radius 3 is 1.45 bits per heavy atom. The van der Waals surface area contributed by atoms with E-state index >= 15 is 0 Å². The first kappa shape index (κ1) is 32.4. The van der Waals surface area contributed by atoms with Crippen LogP contribution in [0.15, 0.2) is 206 Å². The highest BCUT2D eigenvalue weighted by atomic mass is 15.2. The number of aromatic nitrogens is 4. The van der Waals surface area contributed by atoms with Crippen LogP contribution in [0.25, 0.3) is 111 Å². The van der Waals surface area contributed by atoms with Crippen LogP contribution in [0.4, 0.5) is 0 Å². The molecule has 0 radical (unpaired) electrons. The van der Waals surface area contributed by atoms with Gasteiger partial charge in [0, 0.05) is 43.4 Å². The molecule has 0 aliphatic heterocycles. The fourth-order valence-corrected chi connectivity index (χ4v) is 9.07. The predicted octanol–water partition coefficient (Wildman–Crippen LogP) is 14.0. The molecular formula is C54H34N4. The zero-order valence-corrected chi connectivity index (χ0v) is 31.4. The minimum atomic E-state index is 0.632. The lowest BCUT2D eigenvalue weighted by Gasteiger charge is -2.14. The van der Waals surface area contributed by atoms with E-state index in [9.17, 15) is 0 Å². The van der Waals surface area contributed by atoms with Gasteiger partial charge in [0.1, 0.15) is 0 Å². The summed E-state index contributed by atoms with van der Waals surface area (Å²) in [5, 5.41) is 7.27. The smallest absolute Gasteiger partial charge is 0.235 e. The Labute approximate surface area is 334 Å². The largest absolute Gasteiger partial charge is 0.309 e. The molecule has 12 aromatic rings. The van der Waals surface area contributed by atoms with Crippen molar-refractivity contribution in [2.75, 3.05) is 0 Å². The number of hydrogen-bond acceptors (Lipinski definition) is 2. The van der Waals surface area contributed by atoms with E-state index in [1.54, 1.807) is 0 Å². The fraction of sp³-hybridized carbons (Fsp3) is 0. The molecule has 8 aromatic carbocycles. The molecule has 58 heavy (non-hydrogen) atoms. The maximum atomic E-state index is 5.46. The van der Waals surface area contributed by atoms with Gasteiger partial charge in [-0.25, -0.2) is 9.97 Å². The molecule has 0 atom stereocenters. The van der Waals surface area contributed by atoms with Crippen molar-refractivity contribution < 1.29 is 0 Å². The van der Waals surface area contributed by atoms with Gasteiger partial charge in [-0.3, -0.25) is 4.57 Å². The molecule has 0 spiro atoms. The average molecular weight is 739 g/mol. The third-order valence-electron chi connectivity index (χ3n) is 11.7. The molecule has 0 saturated carbocycles. The highest BCUT2D eigenvalue weighted by Crippen LogP contribution is 2.43. The first-order valence-electron chi connectivity index (χ1n) is 19.7. The number of para-hydroxylation sites is 3. The number of nitrogens with zero attached hydrogens (tertiary/aromatic N) is 4. The van der Waals surface area contributed by atoms with Crippen LogP contribution in [-0.2, 0) is 0 Å². The predicted molar refractivity (Wildman–Crippen MR) is 242 cm³/mol. The second-order valence-electron chi connectivity index (χ2n) is 15.0. The molecule has 0 aliphatic carbocycles. The van der Waals surface area contributed by atoms with Crippen LogP contribution in [0.3, 0.4) is 0 Å². The van der Waals surface area contributed by atoms with Gasteiger partial charge in [-0.05, 0) is 70.8 Å². The summed E-state index contributed by atoms with van der Waals surface area (Å²) in [4.78, 5) is 10.9. The minimum Gasteiger partial charge on any atom is -0.309 e. The van der Waals surface area contributed by atoms with Crippen LogP contribution < -0.4 is 0 Å². The molecule has 0 aliphatic rings. The lowest BCUT2D eigenvalue weighted by Crippen LogP contribution is -2.04. The molecular weight excluding hydrogens is 705 g/mol. The normalized spacial score (nSPS) is 11.8. The third kappa shape index (κ3) is 5.02. The zero-order valence-electron chi connectivity index (χ0n) is 31.4. The molecule has 0 unspecified atom stereocenters. The summed E-state index contributed by atoms with van der Waals surface area (Å²) in [7, 11) is 0. The minimum absolute atomic E-state index is 0.632. The Morgan fingerprint density at radius 1 is 0.293 bits per heavy atom. The van der Waals surface area contributed by atoms with Crippen LogP contribution in [-0.4, -0.2) is 18.9 Å². The first-order valence-corrected chi connectivity index (χ1v) is 19.7. The van der Waals surface area contributed by atoms with E-state index in [1.165, 1.54) is 60.0 Å². The van der Waals surface area contributed by atoms with Gasteiger partial charge in [-0.15, -0.1) is 0 Å². The molecule has 4 aromatic heterocycles. The van der Waals surface area contributed by atoms with Gasteiger partial charge in [-0.1, -0.05) is 158 Å². The number of pyridine rings is 1. The SMILES string of the molecule is c1ccc(-c2cccc(-c3cc(-c4cccc(-c5ccccc5)c4)nc(-n4c5ccccc5c5c6c7ccccc7n7c8ccccc8cc7c6ccc54)n3)c2)cc1. The number of hydrogen-bond donors (Lipinski definition) is 0. The van der Waals surface area contributed by atoms with Crippen LogP contribution in [0.5, 0.6) is 0 Å². The lowest BCUT2D eigenvalue weighted by molar-refractivity contribution is 0.996. The topological polar surface area (TPSA) is 35.1 Å². The van der Waals surface area contributed by atoms with Gasteiger partial charge in [0.15, 0.2) is 0 Å². The molecule has 0 saturated heterocycles. The van der Waals surface area contributed by atoms with Gasteiger partial charge >= 0.3 is 0 Å². The highest BCUT2D eigenvalue weighted by Gasteiger charge is 2.22. The second kappa shape index (κ2) is 12.9. The van der Waals surface area contributed by atoms with E-state index in [0.717, 1.165) is 44.7 Å². The van der Waals surface area contributed by atoms with Crippen molar-refractivity contribution in [3.63, 3.8) is 0 Å². The summed E-state index contributed by atoms with van der Waals surface area (Å²) in [6.07, 6.45) is 0. The average Bonchev–Trinajstić information content (AvgIpc) is 3.86. The Bertz CT molecular complexity index is 3460. The van der Waals surface area contributed by atoms with Gasteiger partial charge in [0.2, 0.25) is 5.95 Å². The van der Waals surface area contributed by atoms with E-state index < -0.39 is 0 Å². The molecule has 0 bridgehead atoms. The van der Waals surface area contributed by atoms with Crippen LogP contribution >= 0.6 is 0 Å². The zero-order chi connectivity index (χ0) is 38.2. The van der Waals surface area contributed by atoms with E-state index in [1.807, 2.05) is 0 Å². The summed E-state index contributed by atoms with van der Waals surface area (Å²) >= 11 is 0. The molecule has 12 rings (SSSR count). The Kier molecular flexibility index (Phi) is 7.20. The van der Waals surface area contributed by atoms with Crippen molar-refractivity contribution in [1.82, 2.24) is 18.9 Å². The highest BCUT2D eigenvalue weighted by molar-refractivity contribution is 6.31. The van der Waals surface area contributed by atoms with Crippen LogP contribution in [0.2, 0.25) is 0 Å². The number of rotatable bonds is 5.